The molecule has 1 N–H and O–H groups in total. The van der Waals surface area contributed by atoms with E-state index >= 15 is 0 Å². The van der Waals surface area contributed by atoms with Gasteiger partial charge in [0.2, 0.25) is 0 Å². The SMILES string of the molecule is Cn1[nH]c(Cc2cc(Cl)cc(Cl)c2Cl)cc1=O. The van der Waals surface area contributed by atoms with Gasteiger partial charge < -0.3 is 0 Å². The van der Waals surface area contributed by atoms with Crippen molar-refractivity contribution in [2.75, 3.05) is 0 Å². The normalized spacial score (nSPS) is 10.8. The van der Waals surface area contributed by atoms with Gasteiger partial charge >= 0.3 is 0 Å². The van der Waals surface area contributed by atoms with Gasteiger partial charge in [-0.3, -0.25) is 14.6 Å². The fourth-order valence-corrected chi connectivity index (χ4v) is 2.29. The predicted molar refractivity (Wildman–Crippen MR) is 70.3 cm³/mol. The van der Waals surface area contributed by atoms with Crippen molar-refractivity contribution < 1.29 is 0 Å². The molecule has 2 rings (SSSR count). The van der Waals surface area contributed by atoms with Gasteiger partial charge in [-0.2, -0.15) is 0 Å². The lowest BCUT2D eigenvalue weighted by atomic mass is 10.1. The molecule has 3 nitrogen and oxygen atoms in total. The molecule has 0 bridgehead atoms. The second kappa shape index (κ2) is 4.77. The van der Waals surface area contributed by atoms with Gasteiger partial charge in [0, 0.05) is 30.3 Å². The summed E-state index contributed by atoms with van der Waals surface area (Å²) >= 11 is 17.9. The molecule has 1 aromatic heterocycles. The van der Waals surface area contributed by atoms with E-state index < -0.39 is 0 Å². The van der Waals surface area contributed by atoms with Crippen LogP contribution in [0.4, 0.5) is 0 Å². The van der Waals surface area contributed by atoms with Gasteiger partial charge in [0.1, 0.15) is 0 Å². The molecule has 0 saturated heterocycles. The lowest BCUT2D eigenvalue weighted by Crippen LogP contribution is -2.09. The Morgan fingerprint density at radius 3 is 2.53 bits per heavy atom. The summed E-state index contributed by atoms with van der Waals surface area (Å²) in [5, 5.41) is 4.31. The minimum atomic E-state index is -0.0933. The number of nitrogens with zero attached hydrogens (tertiary/aromatic N) is 1. The Balaban J connectivity index is 2.39. The maximum Gasteiger partial charge on any atom is 0.266 e. The lowest BCUT2D eigenvalue weighted by Gasteiger charge is -2.05. The summed E-state index contributed by atoms with van der Waals surface area (Å²) in [5.41, 5.74) is 1.45. The van der Waals surface area contributed by atoms with Crippen molar-refractivity contribution in [1.29, 1.82) is 0 Å². The third-order valence-corrected chi connectivity index (χ3v) is 3.45. The monoisotopic (exact) mass is 290 g/mol. The maximum absolute atomic E-state index is 11.3. The zero-order valence-corrected chi connectivity index (χ0v) is 11.2. The van der Waals surface area contributed by atoms with Crippen molar-refractivity contribution in [3.63, 3.8) is 0 Å². The fourth-order valence-electron chi connectivity index (χ4n) is 1.58. The van der Waals surface area contributed by atoms with E-state index in [-0.39, 0.29) is 5.56 Å². The first-order valence-corrected chi connectivity index (χ1v) is 5.99. The average Bonchev–Trinajstić information content (AvgIpc) is 2.54. The molecule has 0 saturated carbocycles. The molecular weight excluding hydrogens is 282 g/mol. The van der Waals surface area contributed by atoms with Gasteiger partial charge in [0.25, 0.3) is 5.56 Å². The van der Waals surface area contributed by atoms with Crippen LogP contribution in [0, 0.1) is 0 Å². The largest absolute Gasteiger partial charge is 0.300 e. The molecule has 0 radical (unpaired) electrons. The quantitative estimate of drug-likeness (QED) is 0.847. The number of halogens is 3. The van der Waals surface area contributed by atoms with Crippen LogP contribution in [0.15, 0.2) is 23.0 Å². The van der Waals surface area contributed by atoms with Crippen LogP contribution in [0.25, 0.3) is 0 Å². The molecule has 90 valence electrons. The summed E-state index contributed by atoms with van der Waals surface area (Å²) in [6.45, 7) is 0. The Hall–Kier alpha value is -0.900. The summed E-state index contributed by atoms with van der Waals surface area (Å²) in [6, 6.07) is 4.84. The molecule has 17 heavy (non-hydrogen) atoms. The molecule has 0 atom stereocenters. The average molecular weight is 292 g/mol. The number of hydrogen-bond donors (Lipinski definition) is 1. The van der Waals surface area contributed by atoms with Gasteiger partial charge in [0.15, 0.2) is 0 Å². The summed E-state index contributed by atoms with van der Waals surface area (Å²) in [7, 11) is 1.65. The number of aromatic nitrogens is 2. The van der Waals surface area contributed by atoms with Gasteiger partial charge in [-0.1, -0.05) is 34.8 Å². The maximum atomic E-state index is 11.3. The first-order valence-electron chi connectivity index (χ1n) is 4.85. The molecule has 0 aliphatic carbocycles. The Bertz CT molecular complexity index is 616. The van der Waals surface area contributed by atoms with Crippen LogP contribution in [-0.4, -0.2) is 9.78 Å². The smallest absolute Gasteiger partial charge is 0.266 e. The molecule has 0 spiro atoms. The zero-order valence-electron chi connectivity index (χ0n) is 8.93. The van der Waals surface area contributed by atoms with Crippen molar-refractivity contribution in [3.05, 3.63) is 54.9 Å². The Morgan fingerprint density at radius 1 is 1.24 bits per heavy atom. The fraction of sp³-hybridized carbons (Fsp3) is 0.182. The van der Waals surface area contributed by atoms with Crippen LogP contribution >= 0.6 is 34.8 Å². The number of H-pyrrole nitrogens is 1. The van der Waals surface area contributed by atoms with E-state index in [0.717, 1.165) is 11.3 Å². The van der Waals surface area contributed by atoms with Crippen LogP contribution in [0.2, 0.25) is 15.1 Å². The Kier molecular flexibility index (Phi) is 3.52. The van der Waals surface area contributed by atoms with Crippen LogP contribution in [-0.2, 0) is 13.5 Å². The molecule has 0 aliphatic heterocycles. The predicted octanol–water partition coefficient (Wildman–Crippen LogP) is 3.26. The van der Waals surface area contributed by atoms with Crippen LogP contribution in [0.1, 0.15) is 11.3 Å². The minimum absolute atomic E-state index is 0.0933. The van der Waals surface area contributed by atoms with E-state index in [1.807, 2.05) is 0 Å². The molecule has 0 unspecified atom stereocenters. The highest BCUT2D eigenvalue weighted by atomic mass is 35.5. The van der Waals surface area contributed by atoms with Crippen molar-refractivity contribution in [2.24, 2.45) is 7.05 Å². The van der Waals surface area contributed by atoms with Crippen LogP contribution < -0.4 is 5.56 Å². The van der Waals surface area contributed by atoms with E-state index in [4.69, 9.17) is 34.8 Å². The number of hydrogen-bond acceptors (Lipinski definition) is 1. The molecule has 0 fully saturated rings. The summed E-state index contributed by atoms with van der Waals surface area (Å²) in [6.07, 6.45) is 0.481. The number of rotatable bonds is 2. The molecule has 0 aliphatic rings. The molecule has 1 heterocycles. The molecular formula is C11H9Cl3N2O. The summed E-state index contributed by atoms with van der Waals surface area (Å²) in [4.78, 5) is 11.3. The zero-order chi connectivity index (χ0) is 12.6. The van der Waals surface area contributed by atoms with E-state index in [2.05, 4.69) is 5.10 Å². The number of benzene rings is 1. The van der Waals surface area contributed by atoms with Gasteiger partial charge in [-0.25, -0.2) is 0 Å². The van der Waals surface area contributed by atoms with Crippen LogP contribution in [0.5, 0.6) is 0 Å². The third-order valence-electron chi connectivity index (χ3n) is 2.39. The second-order valence-electron chi connectivity index (χ2n) is 3.72. The number of nitrogens with one attached hydrogen (secondary N) is 1. The highest BCUT2D eigenvalue weighted by Crippen LogP contribution is 2.30. The summed E-state index contributed by atoms with van der Waals surface area (Å²) < 4.78 is 1.40. The third kappa shape index (κ3) is 2.68. The summed E-state index contributed by atoms with van der Waals surface area (Å²) in [5.74, 6) is 0. The van der Waals surface area contributed by atoms with Gasteiger partial charge in [-0.15, -0.1) is 0 Å². The van der Waals surface area contributed by atoms with Gasteiger partial charge in [0.05, 0.1) is 10.0 Å². The molecule has 0 amide bonds. The van der Waals surface area contributed by atoms with E-state index in [0.29, 0.717) is 21.5 Å². The van der Waals surface area contributed by atoms with Crippen molar-refractivity contribution in [1.82, 2.24) is 9.78 Å². The van der Waals surface area contributed by atoms with Gasteiger partial charge in [-0.05, 0) is 17.7 Å². The van der Waals surface area contributed by atoms with Crippen molar-refractivity contribution in [2.45, 2.75) is 6.42 Å². The highest BCUT2D eigenvalue weighted by Gasteiger charge is 2.09. The minimum Gasteiger partial charge on any atom is -0.300 e. The van der Waals surface area contributed by atoms with E-state index in [1.165, 1.54) is 10.7 Å². The first-order chi connectivity index (χ1) is 7.97. The standard InChI is InChI=1S/C11H9Cl3N2O/c1-16-10(17)5-8(15-16)3-6-2-7(12)4-9(13)11(6)14/h2,4-5,15H,3H2,1H3. The molecule has 2 aromatic rings. The lowest BCUT2D eigenvalue weighted by molar-refractivity contribution is 0.725. The topological polar surface area (TPSA) is 37.8 Å². The molecule has 6 heteroatoms. The van der Waals surface area contributed by atoms with Crippen molar-refractivity contribution >= 4 is 34.8 Å². The molecule has 1 aromatic carbocycles. The highest BCUT2D eigenvalue weighted by molar-refractivity contribution is 6.43. The second-order valence-corrected chi connectivity index (χ2v) is 4.94. The number of aryl methyl sites for hydroxylation is 1. The van der Waals surface area contributed by atoms with E-state index in [1.54, 1.807) is 19.2 Å². The number of aromatic amines is 1. The van der Waals surface area contributed by atoms with Crippen LogP contribution in [0.3, 0.4) is 0 Å². The Morgan fingerprint density at radius 2 is 1.94 bits per heavy atom. The Labute approximate surface area is 113 Å². The van der Waals surface area contributed by atoms with E-state index in [9.17, 15) is 4.79 Å². The van der Waals surface area contributed by atoms with Crippen molar-refractivity contribution in [3.8, 4) is 0 Å². The first kappa shape index (κ1) is 12.6.